The highest BCUT2D eigenvalue weighted by Gasteiger charge is 2.52. The van der Waals surface area contributed by atoms with Crippen LogP contribution in [0.25, 0.3) is 0 Å². The highest BCUT2D eigenvalue weighted by Crippen LogP contribution is 2.30. The van der Waals surface area contributed by atoms with Crippen LogP contribution in [0.5, 0.6) is 0 Å². The van der Waals surface area contributed by atoms with E-state index in [1.807, 2.05) is 75.4 Å². The maximum atomic E-state index is 13.6. The van der Waals surface area contributed by atoms with E-state index in [0.717, 1.165) is 16.7 Å². The summed E-state index contributed by atoms with van der Waals surface area (Å²) in [5, 5.41) is 6.10. The van der Waals surface area contributed by atoms with Crippen molar-refractivity contribution in [3.8, 4) is 12.3 Å². The fourth-order valence-corrected chi connectivity index (χ4v) is 4.90. The van der Waals surface area contributed by atoms with Gasteiger partial charge in [-0.2, -0.15) is 5.01 Å². The number of piperazine rings is 1. The number of aryl methyl sites for hydroxylation is 1. The molecule has 2 aliphatic heterocycles. The summed E-state index contributed by atoms with van der Waals surface area (Å²) in [4.78, 5) is 43.8. The Labute approximate surface area is 212 Å². The van der Waals surface area contributed by atoms with E-state index in [9.17, 15) is 14.4 Å². The molecule has 4 rings (SSSR count). The largest absolute Gasteiger partial charge is 0.334 e. The molecule has 36 heavy (non-hydrogen) atoms. The van der Waals surface area contributed by atoms with Gasteiger partial charge in [0.25, 0.3) is 0 Å². The second-order valence-electron chi connectivity index (χ2n) is 9.69. The first kappa shape index (κ1) is 25.3. The number of hydrazine groups is 1. The normalized spacial score (nSPS) is 20.4. The van der Waals surface area contributed by atoms with E-state index in [-0.39, 0.29) is 43.4 Å². The quantitative estimate of drug-likeness (QED) is 0.636. The Balaban J connectivity index is 1.65. The molecule has 8 nitrogen and oxygen atoms in total. The molecule has 2 fully saturated rings. The summed E-state index contributed by atoms with van der Waals surface area (Å²) in [5.41, 5.74) is 3.09. The lowest BCUT2D eigenvalue weighted by Crippen LogP contribution is -2.77. The van der Waals surface area contributed by atoms with E-state index < -0.39 is 12.2 Å². The molecule has 0 bridgehead atoms. The van der Waals surface area contributed by atoms with Crippen LogP contribution in [0.3, 0.4) is 0 Å². The number of nitrogens with one attached hydrogen (secondary N) is 1. The van der Waals surface area contributed by atoms with Crippen LogP contribution in [0.1, 0.15) is 30.5 Å². The Hall–Kier alpha value is -3.83. The van der Waals surface area contributed by atoms with Crippen LogP contribution in [-0.2, 0) is 22.7 Å². The molecular formula is C28H33N5O3. The predicted octanol–water partition coefficient (Wildman–Crippen LogP) is 2.59. The standard InChI is InChI=1S/C28H33N5O3/c1-5-15-31-19-25(34)32-24(33(31)28(36)29-16-22-9-7-6-8-10-22)18-30(27(35)26(32)20(2)3)17-23-13-11-21(4)12-14-23/h1,6-14,20,24,26H,15-19H2,2-4H3,(H,29,36)/t24-,26-/m0/s1. The van der Waals surface area contributed by atoms with E-state index in [1.165, 1.54) is 5.01 Å². The summed E-state index contributed by atoms with van der Waals surface area (Å²) in [6, 6.07) is 16.6. The summed E-state index contributed by atoms with van der Waals surface area (Å²) >= 11 is 0. The first-order chi connectivity index (χ1) is 17.3. The fourth-order valence-electron chi connectivity index (χ4n) is 4.90. The Morgan fingerprint density at radius 1 is 1.08 bits per heavy atom. The molecule has 2 aliphatic rings. The number of amides is 4. The van der Waals surface area contributed by atoms with Gasteiger partial charge in [-0.1, -0.05) is 79.9 Å². The lowest BCUT2D eigenvalue weighted by atomic mass is 9.95. The minimum Gasteiger partial charge on any atom is -0.333 e. The molecule has 1 N–H and O–H groups in total. The topological polar surface area (TPSA) is 76.2 Å². The van der Waals surface area contributed by atoms with Gasteiger partial charge in [0.1, 0.15) is 12.2 Å². The van der Waals surface area contributed by atoms with Crippen LogP contribution < -0.4 is 5.32 Å². The van der Waals surface area contributed by atoms with Crippen molar-refractivity contribution in [3.63, 3.8) is 0 Å². The zero-order valence-corrected chi connectivity index (χ0v) is 21.1. The number of urea groups is 1. The van der Waals surface area contributed by atoms with Crippen LogP contribution in [-0.4, -0.2) is 69.5 Å². The van der Waals surface area contributed by atoms with Gasteiger partial charge in [-0.15, -0.1) is 6.42 Å². The minimum atomic E-state index is -0.667. The van der Waals surface area contributed by atoms with Crippen molar-refractivity contribution in [3.05, 3.63) is 71.3 Å². The summed E-state index contributed by atoms with van der Waals surface area (Å²) in [5.74, 6) is 2.13. The zero-order chi connectivity index (χ0) is 25.8. The monoisotopic (exact) mass is 487 g/mol. The summed E-state index contributed by atoms with van der Waals surface area (Å²) in [7, 11) is 0. The second kappa shape index (κ2) is 10.8. The van der Waals surface area contributed by atoms with Crippen molar-refractivity contribution in [2.75, 3.05) is 19.6 Å². The molecule has 188 valence electrons. The van der Waals surface area contributed by atoms with Crippen LogP contribution in [0.15, 0.2) is 54.6 Å². The third-order valence-electron chi connectivity index (χ3n) is 6.66. The third kappa shape index (κ3) is 5.21. The molecule has 2 aromatic carbocycles. The van der Waals surface area contributed by atoms with E-state index in [4.69, 9.17) is 6.42 Å². The number of nitrogens with zero attached hydrogens (tertiary/aromatic N) is 4. The second-order valence-corrected chi connectivity index (χ2v) is 9.69. The average Bonchev–Trinajstić information content (AvgIpc) is 2.85. The van der Waals surface area contributed by atoms with Gasteiger partial charge in [0.2, 0.25) is 11.8 Å². The molecule has 0 unspecified atom stereocenters. The summed E-state index contributed by atoms with van der Waals surface area (Å²) in [6.45, 7) is 6.84. The molecular weight excluding hydrogens is 454 g/mol. The molecule has 2 aromatic rings. The molecule has 0 saturated carbocycles. The van der Waals surface area contributed by atoms with Gasteiger partial charge in [0, 0.05) is 13.1 Å². The molecule has 4 amide bonds. The van der Waals surface area contributed by atoms with Crippen molar-refractivity contribution < 1.29 is 14.4 Å². The molecule has 2 heterocycles. The first-order valence-corrected chi connectivity index (χ1v) is 12.2. The van der Waals surface area contributed by atoms with E-state index in [1.54, 1.807) is 14.8 Å². The van der Waals surface area contributed by atoms with Crippen LogP contribution >= 0.6 is 0 Å². The van der Waals surface area contributed by atoms with Crippen LogP contribution in [0.2, 0.25) is 0 Å². The Bertz CT molecular complexity index is 1140. The Morgan fingerprint density at radius 2 is 1.78 bits per heavy atom. The number of carbonyl (C=O) groups is 3. The lowest BCUT2D eigenvalue weighted by molar-refractivity contribution is -0.192. The molecule has 0 aliphatic carbocycles. The SMILES string of the molecule is C#CCN1CC(=O)N2[C@@H](C(C)C)C(=O)N(Cc3ccc(C)cc3)C[C@@H]2N1C(=O)NCc1ccccc1. The van der Waals surface area contributed by atoms with Crippen molar-refractivity contribution in [1.82, 2.24) is 25.1 Å². The van der Waals surface area contributed by atoms with Crippen LogP contribution in [0, 0.1) is 25.2 Å². The minimum absolute atomic E-state index is 0.0616. The van der Waals surface area contributed by atoms with Gasteiger partial charge >= 0.3 is 6.03 Å². The fraction of sp³-hybridized carbons (Fsp3) is 0.393. The molecule has 0 radical (unpaired) electrons. The highest BCUT2D eigenvalue weighted by atomic mass is 16.2. The number of hydrogen-bond donors (Lipinski definition) is 1. The molecule has 0 aromatic heterocycles. The smallest absolute Gasteiger partial charge is 0.333 e. The Kier molecular flexibility index (Phi) is 7.61. The van der Waals surface area contributed by atoms with Gasteiger partial charge in [0.05, 0.1) is 19.6 Å². The number of fused-ring (bicyclic) bond motifs is 1. The number of hydrogen-bond acceptors (Lipinski definition) is 4. The average molecular weight is 488 g/mol. The predicted molar refractivity (Wildman–Crippen MR) is 137 cm³/mol. The van der Waals surface area contributed by atoms with Gasteiger partial charge in [-0.25, -0.2) is 9.80 Å². The summed E-state index contributed by atoms with van der Waals surface area (Å²) in [6.07, 6.45) is 4.94. The van der Waals surface area contributed by atoms with E-state index in [2.05, 4.69) is 11.2 Å². The first-order valence-electron chi connectivity index (χ1n) is 12.2. The maximum absolute atomic E-state index is 13.6. The van der Waals surface area contributed by atoms with Crippen molar-refractivity contribution in [2.24, 2.45) is 5.92 Å². The molecule has 2 saturated heterocycles. The zero-order valence-electron chi connectivity index (χ0n) is 21.1. The van der Waals surface area contributed by atoms with Crippen molar-refractivity contribution in [1.29, 1.82) is 0 Å². The van der Waals surface area contributed by atoms with Gasteiger partial charge < -0.3 is 15.1 Å². The van der Waals surface area contributed by atoms with Gasteiger partial charge in [0.15, 0.2) is 0 Å². The highest BCUT2D eigenvalue weighted by molar-refractivity contribution is 5.91. The number of benzene rings is 2. The number of carbonyl (C=O) groups excluding carboxylic acids is 3. The van der Waals surface area contributed by atoms with Crippen LogP contribution in [0.4, 0.5) is 4.79 Å². The van der Waals surface area contributed by atoms with Crippen molar-refractivity contribution in [2.45, 2.75) is 46.1 Å². The molecule has 0 spiro atoms. The lowest BCUT2D eigenvalue weighted by Gasteiger charge is -2.55. The van der Waals surface area contributed by atoms with Crippen molar-refractivity contribution >= 4 is 17.8 Å². The van der Waals surface area contributed by atoms with E-state index in [0.29, 0.717) is 13.1 Å². The maximum Gasteiger partial charge on any atom is 0.334 e. The number of rotatable bonds is 6. The molecule has 2 atom stereocenters. The van der Waals surface area contributed by atoms with Gasteiger partial charge in [-0.05, 0) is 24.0 Å². The number of terminal acetylenes is 1. The summed E-state index contributed by atoms with van der Waals surface area (Å²) < 4.78 is 0. The molecule has 8 heteroatoms. The Morgan fingerprint density at radius 3 is 2.42 bits per heavy atom. The van der Waals surface area contributed by atoms with E-state index >= 15 is 0 Å². The van der Waals surface area contributed by atoms with Gasteiger partial charge in [-0.3, -0.25) is 9.59 Å². The third-order valence-corrected chi connectivity index (χ3v) is 6.66.